The second kappa shape index (κ2) is 12.1. The Labute approximate surface area is 240 Å². The fourth-order valence-electron chi connectivity index (χ4n) is 4.34. The molecular weight excluding hydrogens is 582 g/mol. The zero-order valence-electron chi connectivity index (χ0n) is 21.9. The number of nitrogens with one attached hydrogen (secondary N) is 1. The number of benzene rings is 3. The number of ether oxygens (including phenoxy) is 2. The number of amides is 1. The van der Waals surface area contributed by atoms with Crippen molar-refractivity contribution in [2.75, 3.05) is 24.5 Å². The van der Waals surface area contributed by atoms with Crippen LogP contribution >= 0.6 is 11.6 Å². The first-order valence-electron chi connectivity index (χ1n) is 12.2. The zero-order valence-corrected chi connectivity index (χ0v) is 23.4. The molecule has 9 nitrogen and oxygen atoms in total. The number of nitrogens with zero attached hydrogens (tertiary/aromatic N) is 1. The largest absolute Gasteiger partial charge is 0.494 e. The first-order valence-corrected chi connectivity index (χ1v) is 14.0. The number of carboxylic acid groups (broad SMARTS) is 1. The minimum Gasteiger partial charge on any atom is -0.494 e. The Kier molecular flexibility index (Phi) is 8.83. The first-order chi connectivity index (χ1) is 19.4. The van der Waals surface area contributed by atoms with Crippen LogP contribution < -0.4 is 19.1 Å². The van der Waals surface area contributed by atoms with Gasteiger partial charge in [-0.1, -0.05) is 29.8 Å². The molecule has 1 atom stereocenters. The number of sulfonamides is 1. The molecular formula is C28H25ClF2N2O7S. The fraction of sp³-hybridized carbons (Fsp3) is 0.214. The van der Waals surface area contributed by atoms with Gasteiger partial charge in [-0.05, 0) is 54.5 Å². The average molecular weight is 607 g/mol. The van der Waals surface area contributed by atoms with Crippen LogP contribution in [0.5, 0.6) is 11.5 Å². The van der Waals surface area contributed by atoms with E-state index in [1.165, 1.54) is 19.2 Å². The summed E-state index contributed by atoms with van der Waals surface area (Å²) in [5, 5.41) is 11.2. The molecule has 41 heavy (non-hydrogen) atoms. The number of carboxylic acids is 1. The van der Waals surface area contributed by atoms with Crippen molar-refractivity contribution in [3.8, 4) is 11.5 Å². The highest BCUT2D eigenvalue weighted by atomic mass is 35.5. The molecule has 216 valence electrons. The van der Waals surface area contributed by atoms with Crippen LogP contribution in [0.25, 0.3) is 11.6 Å². The van der Waals surface area contributed by atoms with Gasteiger partial charge in [0, 0.05) is 24.6 Å². The second-order valence-electron chi connectivity index (χ2n) is 9.07. The molecule has 1 unspecified atom stereocenters. The maximum absolute atomic E-state index is 14.5. The van der Waals surface area contributed by atoms with Crippen molar-refractivity contribution >= 4 is 50.8 Å². The molecule has 4 rings (SSSR count). The quantitative estimate of drug-likeness (QED) is 0.281. The third-order valence-electron chi connectivity index (χ3n) is 6.31. The van der Waals surface area contributed by atoms with Crippen molar-refractivity contribution in [2.24, 2.45) is 0 Å². The lowest BCUT2D eigenvalue weighted by molar-refractivity contribution is -0.150. The maximum Gasteiger partial charge on any atom is 0.394 e. The van der Waals surface area contributed by atoms with E-state index in [1.807, 2.05) is 0 Å². The van der Waals surface area contributed by atoms with Gasteiger partial charge in [-0.3, -0.25) is 9.10 Å². The minimum absolute atomic E-state index is 0.0871. The first kappa shape index (κ1) is 29.8. The van der Waals surface area contributed by atoms with Crippen molar-refractivity contribution in [1.82, 2.24) is 5.32 Å². The van der Waals surface area contributed by atoms with Gasteiger partial charge in [-0.2, -0.15) is 0 Å². The Morgan fingerprint density at radius 3 is 2.61 bits per heavy atom. The van der Waals surface area contributed by atoms with Gasteiger partial charge in [0.25, 0.3) is 10.0 Å². The Morgan fingerprint density at radius 2 is 1.93 bits per heavy atom. The predicted octanol–water partition coefficient (Wildman–Crippen LogP) is 4.73. The standard InChI is InChI=1S/C28H25ClF2N2O7S/c1-16(26-20(29)4-3-5-22(26)31)12-17-6-9-24-23(13-17)33(15-18(40-24)10-11-32-27(34)28(35)36)41(37,38)19-7-8-21(30)25(14-19)39-2/h3-9,12-14,18H,10-11,15H2,1-2H3,(H,32,34)(H,35,36). The molecule has 3 aromatic rings. The van der Waals surface area contributed by atoms with Crippen molar-refractivity contribution < 1.29 is 41.4 Å². The number of carbonyl (C=O) groups is 2. The Balaban J connectivity index is 1.74. The molecule has 0 spiro atoms. The Morgan fingerprint density at radius 1 is 1.17 bits per heavy atom. The number of methoxy groups -OCH3 is 1. The van der Waals surface area contributed by atoms with Crippen LogP contribution in [-0.4, -0.2) is 51.7 Å². The van der Waals surface area contributed by atoms with Gasteiger partial charge in [0.05, 0.1) is 29.3 Å². The summed E-state index contributed by atoms with van der Waals surface area (Å²) in [7, 11) is -3.09. The lowest BCUT2D eigenvalue weighted by Crippen LogP contribution is -2.45. The highest BCUT2D eigenvalue weighted by Crippen LogP contribution is 2.40. The summed E-state index contributed by atoms with van der Waals surface area (Å²) in [4.78, 5) is 22.0. The molecule has 0 aliphatic carbocycles. The molecule has 2 N–H and O–H groups in total. The minimum atomic E-state index is -4.30. The SMILES string of the molecule is COc1cc(S(=O)(=O)N2CC(CCNC(=O)C(=O)O)Oc3ccc(C=C(C)c4c(F)cccc4Cl)cc32)ccc1F. The van der Waals surface area contributed by atoms with Crippen molar-refractivity contribution in [3.05, 3.63) is 82.4 Å². The van der Waals surface area contributed by atoms with Crippen LogP contribution in [-0.2, 0) is 19.6 Å². The molecule has 1 aliphatic rings. The summed E-state index contributed by atoms with van der Waals surface area (Å²) >= 11 is 6.20. The van der Waals surface area contributed by atoms with E-state index in [1.54, 1.807) is 37.3 Å². The highest BCUT2D eigenvalue weighted by molar-refractivity contribution is 7.92. The summed E-state index contributed by atoms with van der Waals surface area (Å²) in [6.07, 6.45) is 0.960. The number of aliphatic carboxylic acids is 1. The number of anilines is 1. The molecule has 1 aliphatic heterocycles. The van der Waals surface area contributed by atoms with E-state index in [9.17, 15) is 26.8 Å². The fourth-order valence-corrected chi connectivity index (χ4v) is 6.17. The molecule has 1 heterocycles. The van der Waals surface area contributed by atoms with Crippen LogP contribution in [0.1, 0.15) is 24.5 Å². The number of rotatable bonds is 8. The van der Waals surface area contributed by atoms with Gasteiger partial charge in [-0.25, -0.2) is 22.0 Å². The van der Waals surface area contributed by atoms with E-state index in [0.717, 1.165) is 22.5 Å². The third-order valence-corrected chi connectivity index (χ3v) is 8.40. The molecule has 3 aromatic carbocycles. The number of allylic oxidation sites excluding steroid dienone is 1. The number of fused-ring (bicyclic) bond motifs is 1. The van der Waals surface area contributed by atoms with Gasteiger partial charge >= 0.3 is 11.9 Å². The van der Waals surface area contributed by atoms with Crippen molar-refractivity contribution in [1.29, 1.82) is 0 Å². The van der Waals surface area contributed by atoms with E-state index in [0.29, 0.717) is 11.1 Å². The van der Waals surface area contributed by atoms with Gasteiger partial charge < -0.3 is 19.9 Å². The Hall–Kier alpha value is -4.16. The van der Waals surface area contributed by atoms with Crippen LogP contribution in [0.2, 0.25) is 5.02 Å². The zero-order chi connectivity index (χ0) is 29.9. The van der Waals surface area contributed by atoms with Gasteiger partial charge in [0.2, 0.25) is 0 Å². The average Bonchev–Trinajstić information content (AvgIpc) is 2.92. The van der Waals surface area contributed by atoms with E-state index < -0.39 is 39.6 Å². The molecule has 0 radical (unpaired) electrons. The molecule has 0 aromatic heterocycles. The molecule has 0 saturated heterocycles. The smallest absolute Gasteiger partial charge is 0.394 e. The summed E-state index contributed by atoms with van der Waals surface area (Å²) in [5.41, 5.74) is 1.39. The van der Waals surface area contributed by atoms with Crippen LogP contribution in [0, 0.1) is 11.6 Å². The number of hydrogen-bond acceptors (Lipinski definition) is 6. The monoisotopic (exact) mass is 606 g/mol. The molecule has 0 fully saturated rings. The van der Waals surface area contributed by atoms with E-state index in [4.69, 9.17) is 26.2 Å². The summed E-state index contributed by atoms with van der Waals surface area (Å²) in [6, 6.07) is 12.2. The molecule has 13 heteroatoms. The number of carbonyl (C=O) groups excluding carboxylic acids is 1. The van der Waals surface area contributed by atoms with Crippen LogP contribution in [0.3, 0.4) is 0 Å². The van der Waals surface area contributed by atoms with Crippen molar-refractivity contribution in [3.63, 3.8) is 0 Å². The van der Waals surface area contributed by atoms with Crippen LogP contribution in [0.15, 0.2) is 59.5 Å². The number of halogens is 3. The summed E-state index contributed by atoms with van der Waals surface area (Å²) < 4.78 is 68.3. The van der Waals surface area contributed by atoms with Gasteiger partial charge in [0.15, 0.2) is 11.6 Å². The lowest BCUT2D eigenvalue weighted by atomic mass is 10.0. The summed E-state index contributed by atoms with van der Waals surface area (Å²) in [5.74, 6) is -4.17. The van der Waals surface area contributed by atoms with Crippen molar-refractivity contribution in [2.45, 2.75) is 24.3 Å². The third kappa shape index (κ3) is 6.44. The van der Waals surface area contributed by atoms with E-state index >= 15 is 0 Å². The molecule has 0 saturated carbocycles. The topological polar surface area (TPSA) is 122 Å². The van der Waals surface area contributed by atoms with E-state index in [-0.39, 0.29) is 52.2 Å². The van der Waals surface area contributed by atoms with E-state index in [2.05, 4.69) is 5.32 Å². The van der Waals surface area contributed by atoms with Crippen LogP contribution in [0.4, 0.5) is 14.5 Å². The lowest BCUT2D eigenvalue weighted by Gasteiger charge is -2.36. The second-order valence-corrected chi connectivity index (χ2v) is 11.3. The summed E-state index contributed by atoms with van der Waals surface area (Å²) in [6.45, 7) is 1.37. The Bertz CT molecular complexity index is 1630. The normalized spacial score (nSPS) is 15.1. The predicted molar refractivity (Wildman–Crippen MR) is 149 cm³/mol. The number of hydrogen-bond donors (Lipinski definition) is 2. The highest BCUT2D eigenvalue weighted by Gasteiger charge is 2.35. The molecule has 1 amide bonds. The maximum atomic E-state index is 14.5. The van der Waals surface area contributed by atoms with Gasteiger partial charge in [0.1, 0.15) is 17.7 Å². The molecule has 0 bridgehead atoms. The van der Waals surface area contributed by atoms with Gasteiger partial charge in [-0.15, -0.1) is 0 Å².